The molecule has 1 fully saturated rings. The van der Waals surface area contributed by atoms with Crippen molar-refractivity contribution in [3.8, 4) is 0 Å². The van der Waals surface area contributed by atoms with Crippen molar-refractivity contribution < 1.29 is 14.3 Å². The van der Waals surface area contributed by atoms with Crippen LogP contribution in [-0.4, -0.2) is 25.2 Å². The standard InChI is InChI=1S/C12H16N2O3/c13-11-5-8(12(14)15)1-2-9(11)6-17-10-3-4-16-7-10/h1-2,5,10H,3-4,6-7,13H2,(H2,14,15). The summed E-state index contributed by atoms with van der Waals surface area (Å²) in [5.41, 5.74) is 12.8. The second-order valence-electron chi connectivity index (χ2n) is 4.07. The molecule has 1 aromatic rings. The van der Waals surface area contributed by atoms with Crippen LogP contribution in [0.5, 0.6) is 0 Å². The molecular weight excluding hydrogens is 220 g/mol. The number of nitrogen functional groups attached to an aromatic ring is 1. The van der Waals surface area contributed by atoms with E-state index in [0.717, 1.165) is 18.6 Å². The molecule has 1 aliphatic heterocycles. The van der Waals surface area contributed by atoms with Gasteiger partial charge in [0.05, 0.1) is 19.3 Å². The number of carbonyl (C=O) groups is 1. The predicted molar refractivity (Wildman–Crippen MR) is 63.4 cm³/mol. The van der Waals surface area contributed by atoms with E-state index in [2.05, 4.69) is 0 Å². The van der Waals surface area contributed by atoms with Gasteiger partial charge in [-0.25, -0.2) is 0 Å². The second kappa shape index (κ2) is 5.16. The lowest BCUT2D eigenvalue weighted by molar-refractivity contribution is 0.0320. The van der Waals surface area contributed by atoms with Crippen molar-refractivity contribution in [3.05, 3.63) is 29.3 Å². The van der Waals surface area contributed by atoms with Crippen LogP contribution in [0.2, 0.25) is 0 Å². The van der Waals surface area contributed by atoms with Crippen LogP contribution < -0.4 is 11.5 Å². The first kappa shape index (κ1) is 11.9. The van der Waals surface area contributed by atoms with Gasteiger partial charge in [0.2, 0.25) is 5.91 Å². The van der Waals surface area contributed by atoms with Crippen LogP contribution in [0.4, 0.5) is 5.69 Å². The summed E-state index contributed by atoms with van der Waals surface area (Å²) >= 11 is 0. The third kappa shape index (κ3) is 2.95. The van der Waals surface area contributed by atoms with Crippen molar-refractivity contribution in [2.75, 3.05) is 18.9 Å². The first-order valence-corrected chi connectivity index (χ1v) is 5.54. The molecule has 1 saturated heterocycles. The SMILES string of the molecule is NC(=O)c1ccc(COC2CCOC2)c(N)c1. The van der Waals surface area contributed by atoms with Gasteiger partial charge in [0.25, 0.3) is 0 Å². The lowest BCUT2D eigenvalue weighted by atomic mass is 10.1. The molecule has 5 heteroatoms. The minimum absolute atomic E-state index is 0.144. The molecule has 2 rings (SSSR count). The molecule has 0 saturated carbocycles. The first-order valence-electron chi connectivity index (χ1n) is 5.54. The number of ether oxygens (including phenoxy) is 2. The van der Waals surface area contributed by atoms with Crippen LogP contribution in [0.25, 0.3) is 0 Å². The zero-order valence-electron chi connectivity index (χ0n) is 9.52. The molecule has 0 radical (unpaired) electrons. The van der Waals surface area contributed by atoms with Gasteiger partial charge in [-0.1, -0.05) is 6.07 Å². The second-order valence-corrected chi connectivity index (χ2v) is 4.07. The average molecular weight is 236 g/mol. The summed E-state index contributed by atoms with van der Waals surface area (Å²) < 4.78 is 10.9. The predicted octanol–water partition coefficient (Wildman–Crippen LogP) is 0.673. The van der Waals surface area contributed by atoms with Crippen molar-refractivity contribution >= 4 is 11.6 Å². The number of primary amides is 1. The van der Waals surface area contributed by atoms with Crippen LogP contribution in [0.15, 0.2) is 18.2 Å². The van der Waals surface area contributed by atoms with E-state index in [9.17, 15) is 4.79 Å². The minimum atomic E-state index is -0.478. The summed E-state index contributed by atoms with van der Waals surface area (Å²) in [6.45, 7) is 1.82. The molecule has 1 atom stereocenters. The number of hydrogen-bond donors (Lipinski definition) is 2. The lowest BCUT2D eigenvalue weighted by Gasteiger charge is -2.11. The maximum atomic E-state index is 11.0. The Bertz CT molecular complexity index is 414. The fourth-order valence-corrected chi connectivity index (χ4v) is 1.73. The Morgan fingerprint density at radius 1 is 1.53 bits per heavy atom. The smallest absolute Gasteiger partial charge is 0.248 e. The van der Waals surface area contributed by atoms with Gasteiger partial charge in [-0.15, -0.1) is 0 Å². The Morgan fingerprint density at radius 2 is 2.35 bits per heavy atom. The van der Waals surface area contributed by atoms with Crippen LogP contribution >= 0.6 is 0 Å². The molecule has 4 N–H and O–H groups in total. The molecule has 1 aliphatic rings. The molecule has 0 aromatic heterocycles. The van der Waals surface area contributed by atoms with E-state index < -0.39 is 5.91 Å². The van der Waals surface area contributed by atoms with E-state index in [1.807, 2.05) is 0 Å². The highest BCUT2D eigenvalue weighted by molar-refractivity contribution is 5.93. The summed E-state index contributed by atoms with van der Waals surface area (Å²) in [5.74, 6) is -0.478. The summed E-state index contributed by atoms with van der Waals surface area (Å²) in [4.78, 5) is 11.0. The topological polar surface area (TPSA) is 87.6 Å². The van der Waals surface area contributed by atoms with Crippen molar-refractivity contribution in [3.63, 3.8) is 0 Å². The number of hydrogen-bond acceptors (Lipinski definition) is 4. The maximum Gasteiger partial charge on any atom is 0.248 e. The van der Waals surface area contributed by atoms with Crippen LogP contribution in [0.1, 0.15) is 22.3 Å². The molecule has 1 heterocycles. The summed E-state index contributed by atoms with van der Waals surface area (Å²) in [5, 5.41) is 0. The first-order chi connectivity index (χ1) is 8.16. The number of nitrogens with two attached hydrogens (primary N) is 2. The Hall–Kier alpha value is -1.59. The minimum Gasteiger partial charge on any atom is -0.398 e. The average Bonchev–Trinajstić information content (AvgIpc) is 2.80. The normalized spacial score (nSPS) is 19.4. The van der Waals surface area contributed by atoms with E-state index in [1.54, 1.807) is 18.2 Å². The van der Waals surface area contributed by atoms with E-state index in [4.69, 9.17) is 20.9 Å². The highest BCUT2D eigenvalue weighted by Crippen LogP contribution is 2.17. The van der Waals surface area contributed by atoms with Gasteiger partial charge in [-0.05, 0) is 18.6 Å². The van der Waals surface area contributed by atoms with Gasteiger partial charge < -0.3 is 20.9 Å². The number of anilines is 1. The molecule has 92 valence electrons. The van der Waals surface area contributed by atoms with Gasteiger partial charge in [-0.2, -0.15) is 0 Å². The summed E-state index contributed by atoms with van der Waals surface area (Å²) in [6, 6.07) is 5.00. The fraction of sp³-hybridized carbons (Fsp3) is 0.417. The van der Waals surface area contributed by atoms with Gasteiger partial charge >= 0.3 is 0 Å². The number of amides is 1. The van der Waals surface area contributed by atoms with E-state index in [1.165, 1.54) is 0 Å². The molecule has 0 spiro atoms. The van der Waals surface area contributed by atoms with Crippen molar-refractivity contribution in [2.45, 2.75) is 19.1 Å². The van der Waals surface area contributed by atoms with Crippen LogP contribution in [-0.2, 0) is 16.1 Å². The highest BCUT2D eigenvalue weighted by atomic mass is 16.5. The van der Waals surface area contributed by atoms with E-state index in [-0.39, 0.29) is 6.10 Å². The van der Waals surface area contributed by atoms with Gasteiger partial charge in [0.15, 0.2) is 0 Å². The van der Waals surface area contributed by atoms with Crippen LogP contribution in [0, 0.1) is 0 Å². The Morgan fingerprint density at radius 3 is 2.94 bits per heavy atom. The quantitative estimate of drug-likeness (QED) is 0.752. The van der Waals surface area contributed by atoms with Crippen LogP contribution in [0.3, 0.4) is 0 Å². The zero-order chi connectivity index (χ0) is 12.3. The van der Waals surface area contributed by atoms with Gasteiger partial charge in [0.1, 0.15) is 0 Å². The Labute approximate surface area is 99.7 Å². The highest BCUT2D eigenvalue weighted by Gasteiger charge is 2.16. The summed E-state index contributed by atoms with van der Waals surface area (Å²) in [7, 11) is 0. The molecule has 0 bridgehead atoms. The molecule has 1 amide bonds. The largest absolute Gasteiger partial charge is 0.398 e. The molecule has 0 aliphatic carbocycles. The molecule has 5 nitrogen and oxygen atoms in total. The van der Waals surface area contributed by atoms with E-state index >= 15 is 0 Å². The molecule has 17 heavy (non-hydrogen) atoms. The van der Waals surface area contributed by atoms with Crippen molar-refractivity contribution in [1.82, 2.24) is 0 Å². The maximum absolute atomic E-state index is 11.0. The molecular formula is C12H16N2O3. The fourth-order valence-electron chi connectivity index (χ4n) is 1.73. The lowest BCUT2D eigenvalue weighted by Crippen LogP contribution is -2.14. The van der Waals surface area contributed by atoms with Gasteiger partial charge in [0, 0.05) is 23.4 Å². The molecule has 1 aromatic carbocycles. The number of carbonyl (C=O) groups excluding carboxylic acids is 1. The number of benzene rings is 1. The Kier molecular flexibility index (Phi) is 3.61. The molecule has 1 unspecified atom stereocenters. The van der Waals surface area contributed by atoms with Gasteiger partial charge in [-0.3, -0.25) is 4.79 Å². The third-order valence-corrected chi connectivity index (χ3v) is 2.79. The number of rotatable bonds is 4. The monoisotopic (exact) mass is 236 g/mol. The summed E-state index contributed by atoms with van der Waals surface area (Å²) in [6.07, 6.45) is 1.06. The van der Waals surface area contributed by atoms with Crippen molar-refractivity contribution in [2.24, 2.45) is 5.73 Å². The van der Waals surface area contributed by atoms with Crippen molar-refractivity contribution in [1.29, 1.82) is 0 Å². The van der Waals surface area contributed by atoms with E-state index in [0.29, 0.717) is 24.5 Å². The zero-order valence-corrected chi connectivity index (χ0v) is 9.52. The Balaban J connectivity index is 1.98. The third-order valence-electron chi connectivity index (χ3n) is 2.79.